The van der Waals surface area contributed by atoms with E-state index in [4.69, 9.17) is 16.3 Å². The molecule has 0 amide bonds. The minimum atomic E-state index is -1.85. The van der Waals surface area contributed by atoms with Gasteiger partial charge in [-0.25, -0.2) is 19.3 Å². The van der Waals surface area contributed by atoms with Crippen molar-refractivity contribution < 1.29 is 24.4 Å². The van der Waals surface area contributed by atoms with E-state index < -0.39 is 18.2 Å². The number of ether oxygens (including phenoxy) is 1. The van der Waals surface area contributed by atoms with Gasteiger partial charge in [-0.15, -0.1) is 0 Å². The van der Waals surface area contributed by atoms with Crippen LogP contribution in [0.25, 0.3) is 22.3 Å². The van der Waals surface area contributed by atoms with Crippen molar-refractivity contribution in [3.63, 3.8) is 0 Å². The molecule has 1 aliphatic rings. The third kappa shape index (κ3) is 4.21. The first-order valence-corrected chi connectivity index (χ1v) is 10.3. The van der Waals surface area contributed by atoms with Gasteiger partial charge in [0.2, 0.25) is 12.2 Å². The lowest BCUT2D eigenvalue weighted by Gasteiger charge is -2.28. The van der Waals surface area contributed by atoms with E-state index in [-0.39, 0.29) is 41.0 Å². The number of aliphatic hydroxyl groups excluding tert-OH is 2. The van der Waals surface area contributed by atoms with Crippen molar-refractivity contribution in [2.45, 2.75) is 44.7 Å². The van der Waals surface area contributed by atoms with Gasteiger partial charge in [-0.2, -0.15) is 0 Å². The maximum atomic E-state index is 14.9. The molecule has 0 saturated carbocycles. The molecule has 0 spiro atoms. The number of rotatable bonds is 5. The summed E-state index contributed by atoms with van der Waals surface area (Å²) in [5.74, 6) is -0.446. The van der Waals surface area contributed by atoms with Gasteiger partial charge in [-0.1, -0.05) is 11.6 Å². The van der Waals surface area contributed by atoms with Crippen molar-refractivity contribution in [2.24, 2.45) is 0 Å². The standard InChI is InChI=1S/C20H23ClFN5O4/c1-9(2)27-14-6-10(5-12(22)17(14)25-18(27)19(29)30)16-11(21)7-23-20(26-16)24-13-3-4-31-8-15(13)28/h5-7,9,13,15,19,28-30H,3-4,8H2,1-2H3,(H,23,24,26)/t13-,15-/m1/s1. The SMILES string of the molecule is CC(C)n1c(C(O)O)nc2c(F)cc(-c3nc(N[C@@H]4CCOC[C@H]4O)ncc3Cl)cc21. The molecule has 3 aromatic rings. The quantitative estimate of drug-likeness (QED) is 0.436. The van der Waals surface area contributed by atoms with Crippen LogP contribution in [0.15, 0.2) is 18.3 Å². The van der Waals surface area contributed by atoms with Gasteiger partial charge in [0.05, 0.1) is 41.2 Å². The van der Waals surface area contributed by atoms with Gasteiger partial charge in [-0.05, 0) is 32.4 Å². The van der Waals surface area contributed by atoms with Crippen LogP contribution in [0.3, 0.4) is 0 Å². The summed E-state index contributed by atoms with van der Waals surface area (Å²) in [6, 6.07) is 2.41. The fraction of sp³-hybridized carbons (Fsp3) is 0.450. The molecular formula is C20H23ClFN5O4. The van der Waals surface area contributed by atoms with Crippen molar-refractivity contribution in [3.05, 3.63) is 35.0 Å². The van der Waals surface area contributed by atoms with Crippen molar-refractivity contribution in [1.82, 2.24) is 19.5 Å². The van der Waals surface area contributed by atoms with E-state index in [0.29, 0.717) is 29.8 Å². The highest BCUT2D eigenvalue weighted by Crippen LogP contribution is 2.33. The Morgan fingerprint density at radius 2 is 2.06 bits per heavy atom. The number of aromatic nitrogens is 4. The Hall–Kier alpha value is -2.37. The lowest BCUT2D eigenvalue weighted by molar-refractivity contribution is -0.0520. The third-order valence-electron chi connectivity index (χ3n) is 5.18. The summed E-state index contributed by atoms with van der Waals surface area (Å²) in [5.41, 5.74) is 1.09. The molecule has 166 valence electrons. The largest absolute Gasteiger partial charge is 0.389 e. The second-order valence-electron chi connectivity index (χ2n) is 7.71. The van der Waals surface area contributed by atoms with Crippen LogP contribution in [-0.4, -0.2) is 60.2 Å². The molecule has 1 saturated heterocycles. The predicted octanol–water partition coefficient (Wildman–Crippen LogP) is 2.41. The smallest absolute Gasteiger partial charge is 0.223 e. The summed E-state index contributed by atoms with van der Waals surface area (Å²) >= 11 is 6.32. The first-order chi connectivity index (χ1) is 14.8. The Labute approximate surface area is 182 Å². The number of benzene rings is 1. The van der Waals surface area contributed by atoms with Crippen LogP contribution in [0, 0.1) is 5.82 Å². The van der Waals surface area contributed by atoms with E-state index in [1.165, 1.54) is 12.3 Å². The number of anilines is 1. The van der Waals surface area contributed by atoms with E-state index in [9.17, 15) is 19.7 Å². The van der Waals surface area contributed by atoms with Crippen molar-refractivity contribution in [2.75, 3.05) is 18.5 Å². The van der Waals surface area contributed by atoms with E-state index in [2.05, 4.69) is 20.3 Å². The topological polar surface area (TPSA) is 126 Å². The zero-order chi connectivity index (χ0) is 22.3. The highest BCUT2D eigenvalue weighted by molar-refractivity contribution is 6.33. The fourth-order valence-corrected chi connectivity index (χ4v) is 3.93. The van der Waals surface area contributed by atoms with Gasteiger partial charge in [0, 0.05) is 18.2 Å². The molecule has 0 bridgehead atoms. The molecule has 1 aliphatic heterocycles. The summed E-state index contributed by atoms with van der Waals surface area (Å²) in [4.78, 5) is 12.7. The van der Waals surface area contributed by atoms with Gasteiger partial charge < -0.3 is 29.9 Å². The number of nitrogens with one attached hydrogen (secondary N) is 1. The Bertz CT molecular complexity index is 1110. The molecule has 4 rings (SSSR count). The van der Waals surface area contributed by atoms with E-state index in [0.717, 1.165) is 0 Å². The zero-order valence-electron chi connectivity index (χ0n) is 17.0. The number of halogens is 2. The number of aliphatic hydroxyl groups is 3. The molecule has 9 nitrogen and oxygen atoms in total. The minimum absolute atomic E-state index is 0.0226. The first-order valence-electron chi connectivity index (χ1n) is 9.89. The highest BCUT2D eigenvalue weighted by Gasteiger charge is 2.25. The molecule has 3 heterocycles. The fourth-order valence-electron chi connectivity index (χ4n) is 3.73. The average Bonchev–Trinajstić information content (AvgIpc) is 3.12. The van der Waals surface area contributed by atoms with Crippen LogP contribution in [0.1, 0.15) is 38.4 Å². The van der Waals surface area contributed by atoms with Crippen LogP contribution in [0.5, 0.6) is 0 Å². The molecular weight excluding hydrogens is 429 g/mol. The zero-order valence-corrected chi connectivity index (χ0v) is 17.7. The minimum Gasteiger partial charge on any atom is -0.389 e. The Morgan fingerprint density at radius 1 is 1.29 bits per heavy atom. The Balaban J connectivity index is 1.78. The van der Waals surface area contributed by atoms with Crippen molar-refractivity contribution in [3.8, 4) is 11.3 Å². The van der Waals surface area contributed by atoms with Gasteiger partial charge in [-0.3, -0.25) is 0 Å². The maximum Gasteiger partial charge on any atom is 0.223 e. The lowest BCUT2D eigenvalue weighted by Crippen LogP contribution is -2.42. The molecule has 2 aromatic heterocycles. The molecule has 0 radical (unpaired) electrons. The Kier molecular flexibility index (Phi) is 6.09. The van der Waals surface area contributed by atoms with Crippen molar-refractivity contribution in [1.29, 1.82) is 0 Å². The normalized spacial score (nSPS) is 19.5. The van der Waals surface area contributed by atoms with Crippen LogP contribution in [0.2, 0.25) is 5.02 Å². The molecule has 4 N–H and O–H groups in total. The number of imidazole rings is 1. The molecule has 1 fully saturated rings. The van der Waals surface area contributed by atoms with Crippen LogP contribution in [-0.2, 0) is 4.74 Å². The van der Waals surface area contributed by atoms with E-state index >= 15 is 0 Å². The summed E-state index contributed by atoms with van der Waals surface area (Å²) in [6.45, 7) is 4.39. The predicted molar refractivity (Wildman–Crippen MR) is 112 cm³/mol. The lowest BCUT2D eigenvalue weighted by atomic mass is 10.1. The van der Waals surface area contributed by atoms with Gasteiger partial charge >= 0.3 is 0 Å². The second-order valence-corrected chi connectivity index (χ2v) is 8.11. The first kappa shape index (κ1) is 21.8. The Morgan fingerprint density at radius 3 is 2.74 bits per heavy atom. The monoisotopic (exact) mass is 451 g/mol. The van der Waals surface area contributed by atoms with E-state index in [1.54, 1.807) is 10.6 Å². The molecule has 11 heteroatoms. The van der Waals surface area contributed by atoms with Crippen LogP contribution >= 0.6 is 11.6 Å². The number of hydrogen-bond acceptors (Lipinski definition) is 8. The highest BCUT2D eigenvalue weighted by atomic mass is 35.5. The molecule has 0 unspecified atom stereocenters. The summed E-state index contributed by atoms with van der Waals surface area (Å²) < 4.78 is 21.7. The van der Waals surface area contributed by atoms with Crippen molar-refractivity contribution >= 4 is 28.6 Å². The van der Waals surface area contributed by atoms with E-state index in [1.807, 2.05) is 13.8 Å². The third-order valence-corrected chi connectivity index (χ3v) is 5.46. The number of hydrogen-bond donors (Lipinski definition) is 4. The average molecular weight is 452 g/mol. The van der Waals surface area contributed by atoms with Gasteiger partial charge in [0.1, 0.15) is 5.52 Å². The second kappa shape index (κ2) is 8.64. The summed E-state index contributed by atoms with van der Waals surface area (Å²) in [5, 5.41) is 32.7. The molecule has 1 aromatic carbocycles. The number of nitrogens with zero attached hydrogens (tertiary/aromatic N) is 4. The molecule has 0 aliphatic carbocycles. The van der Waals surface area contributed by atoms with Gasteiger partial charge in [0.25, 0.3) is 0 Å². The maximum absolute atomic E-state index is 14.9. The van der Waals surface area contributed by atoms with Crippen LogP contribution in [0.4, 0.5) is 10.3 Å². The summed E-state index contributed by atoms with van der Waals surface area (Å²) in [7, 11) is 0. The molecule has 2 atom stereocenters. The van der Waals surface area contributed by atoms with Gasteiger partial charge in [0.15, 0.2) is 11.6 Å². The number of fused-ring (bicyclic) bond motifs is 1. The summed E-state index contributed by atoms with van der Waals surface area (Å²) in [6.07, 6.45) is -0.554. The van der Waals surface area contributed by atoms with Crippen LogP contribution < -0.4 is 5.32 Å². The molecule has 31 heavy (non-hydrogen) atoms.